The van der Waals surface area contributed by atoms with Crippen LogP contribution < -0.4 is 0 Å². The van der Waals surface area contributed by atoms with Gasteiger partial charge in [-0.1, -0.05) is 102 Å². The Labute approximate surface area is 189 Å². The Morgan fingerprint density at radius 3 is 0.967 bits per heavy atom. The topological polar surface area (TPSA) is 0 Å². The fourth-order valence-electron chi connectivity index (χ4n) is 6.42. The van der Waals surface area contributed by atoms with E-state index < -0.39 is 0 Å². The zero-order valence-electron chi connectivity index (χ0n) is 20.7. The maximum Gasteiger partial charge on any atom is -0.0277 e. The van der Waals surface area contributed by atoms with Crippen molar-refractivity contribution >= 4 is 0 Å². The molecule has 3 aliphatic carbocycles. The largest absolute Gasteiger partial charge is 0.0665 e. The van der Waals surface area contributed by atoms with Crippen LogP contribution in [0.4, 0.5) is 0 Å². The summed E-state index contributed by atoms with van der Waals surface area (Å²) in [5.74, 6) is 1.72. The zero-order chi connectivity index (χ0) is 21.0. The minimum Gasteiger partial charge on any atom is -0.0665 e. The summed E-state index contributed by atoms with van der Waals surface area (Å²) >= 11 is 0. The van der Waals surface area contributed by atoms with Crippen molar-refractivity contribution in [1.29, 1.82) is 0 Å². The molecule has 30 heavy (non-hydrogen) atoms. The Morgan fingerprint density at radius 1 is 0.367 bits per heavy atom. The van der Waals surface area contributed by atoms with Gasteiger partial charge in [0.1, 0.15) is 0 Å². The molecule has 0 aromatic carbocycles. The molecule has 0 fully saturated rings. The van der Waals surface area contributed by atoms with E-state index in [1.807, 2.05) is 22.3 Å². The van der Waals surface area contributed by atoms with Gasteiger partial charge in [0, 0.05) is 0 Å². The number of fused-ring (bicyclic) bond motifs is 1. The first-order valence-electron chi connectivity index (χ1n) is 14.2. The zero-order valence-corrected chi connectivity index (χ0v) is 20.7. The second-order valence-corrected chi connectivity index (χ2v) is 11.2. The standard InChI is InChI=1S/C30H52/c1-25-23-27-19-15-11-7-3-5-9-13-17-21-29(27)30-22-18-14-10-6-4-8-12-16-20-28(30)24-26(25)2/h25-26H,3-24H2,1-2H3/b29-27-,30-28-/t25-,26-/m1/s1. The van der Waals surface area contributed by atoms with Crippen LogP contribution >= 0.6 is 0 Å². The quantitative estimate of drug-likeness (QED) is 0.371. The summed E-state index contributed by atoms with van der Waals surface area (Å²) in [7, 11) is 0. The van der Waals surface area contributed by atoms with Crippen LogP contribution in [0.15, 0.2) is 22.3 Å². The van der Waals surface area contributed by atoms with E-state index in [1.54, 1.807) is 0 Å². The van der Waals surface area contributed by atoms with Gasteiger partial charge in [-0.15, -0.1) is 0 Å². The molecule has 0 spiro atoms. The van der Waals surface area contributed by atoms with Gasteiger partial charge in [-0.2, -0.15) is 0 Å². The van der Waals surface area contributed by atoms with E-state index in [0.29, 0.717) is 0 Å². The summed E-state index contributed by atoms with van der Waals surface area (Å²) in [5, 5.41) is 0. The minimum atomic E-state index is 0.860. The van der Waals surface area contributed by atoms with Gasteiger partial charge in [0.15, 0.2) is 0 Å². The van der Waals surface area contributed by atoms with Crippen molar-refractivity contribution in [1.82, 2.24) is 0 Å². The van der Waals surface area contributed by atoms with Gasteiger partial charge in [0.2, 0.25) is 0 Å². The summed E-state index contributed by atoms with van der Waals surface area (Å²) in [5.41, 5.74) is 7.63. The van der Waals surface area contributed by atoms with E-state index in [-0.39, 0.29) is 0 Å². The van der Waals surface area contributed by atoms with Gasteiger partial charge >= 0.3 is 0 Å². The van der Waals surface area contributed by atoms with Crippen LogP contribution in [0.25, 0.3) is 0 Å². The Balaban J connectivity index is 1.92. The number of allylic oxidation sites excluding steroid dienone is 4. The molecule has 0 bridgehead atoms. The number of rotatable bonds is 0. The molecule has 0 unspecified atom stereocenters. The van der Waals surface area contributed by atoms with Crippen molar-refractivity contribution in [3.63, 3.8) is 0 Å². The molecule has 0 heteroatoms. The summed E-state index contributed by atoms with van der Waals surface area (Å²) < 4.78 is 0. The van der Waals surface area contributed by atoms with Crippen LogP contribution in [-0.4, -0.2) is 0 Å². The first kappa shape index (κ1) is 24.1. The molecular weight excluding hydrogens is 360 g/mol. The molecular formula is C30H52. The van der Waals surface area contributed by atoms with E-state index >= 15 is 0 Å². The highest BCUT2D eigenvalue weighted by molar-refractivity contribution is 5.40. The lowest BCUT2D eigenvalue weighted by atomic mass is 9.74. The number of hydrogen-bond acceptors (Lipinski definition) is 0. The molecule has 0 saturated heterocycles. The molecule has 0 saturated carbocycles. The SMILES string of the molecule is C[C@@H]1C/C2=C(CCCCCCCCCC2)\C2=C(\CCCCCCCCCC2)C[C@H]1C. The normalized spacial score (nSPS) is 34.6. The molecule has 0 aromatic rings. The van der Waals surface area contributed by atoms with Crippen molar-refractivity contribution in [3.8, 4) is 0 Å². The third-order valence-corrected chi connectivity index (χ3v) is 8.64. The fraction of sp³-hybridized carbons (Fsp3) is 0.867. The van der Waals surface area contributed by atoms with Crippen LogP contribution in [-0.2, 0) is 0 Å². The minimum absolute atomic E-state index is 0.860. The smallest absolute Gasteiger partial charge is 0.0277 e. The maximum atomic E-state index is 2.56. The van der Waals surface area contributed by atoms with Gasteiger partial charge in [0.05, 0.1) is 0 Å². The van der Waals surface area contributed by atoms with Gasteiger partial charge < -0.3 is 0 Å². The molecule has 0 radical (unpaired) electrons. The highest BCUT2D eigenvalue weighted by Gasteiger charge is 2.25. The van der Waals surface area contributed by atoms with Crippen molar-refractivity contribution in [2.75, 3.05) is 0 Å². The lowest BCUT2D eigenvalue weighted by Gasteiger charge is -2.32. The van der Waals surface area contributed by atoms with E-state index in [4.69, 9.17) is 0 Å². The lowest BCUT2D eigenvalue weighted by molar-refractivity contribution is 0.365. The van der Waals surface area contributed by atoms with E-state index in [1.165, 1.54) is 141 Å². The summed E-state index contributed by atoms with van der Waals surface area (Å²) in [6, 6.07) is 0. The van der Waals surface area contributed by atoms with E-state index in [2.05, 4.69) is 13.8 Å². The maximum absolute atomic E-state index is 2.56. The first-order valence-corrected chi connectivity index (χ1v) is 14.2. The molecule has 0 amide bonds. The van der Waals surface area contributed by atoms with Crippen LogP contribution in [0.3, 0.4) is 0 Å². The van der Waals surface area contributed by atoms with Crippen molar-refractivity contribution in [2.24, 2.45) is 11.8 Å². The lowest BCUT2D eigenvalue weighted by Crippen LogP contribution is -2.16. The van der Waals surface area contributed by atoms with Crippen LogP contribution in [0.2, 0.25) is 0 Å². The van der Waals surface area contributed by atoms with Crippen LogP contribution in [0.5, 0.6) is 0 Å². The highest BCUT2D eigenvalue weighted by atomic mass is 14.3. The molecule has 3 rings (SSSR count). The van der Waals surface area contributed by atoms with Crippen LogP contribution in [0.1, 0.15) is 155 Å². The second-order valence-electron chi connectivity index (χ2n) is 11.2. The van der Waals surface area contributed by atoms with Crippen molar-refractivity contribution < 1.29 is 0 Å². The van der Waals surface area contributed by atoms with Gasteiger partial charge in [0.25, 0.3) is 0 Å². The number of hydrogen-bond donors (Lipinski definition) is 0. The molecule has 2 atom stereocenters. The van der Waals surface area contributed by atoms with E-state index in [0.717, 1.165) is 11.8 Å². The average Bonchev–Trinajstić information content (AvgIpc) is 2.72. The molecule has 0 heterocycles. The molecule has 0 aromatic heterocycles. The molecule has 172 valence electrons. The van der Waals surface area contributed by atoms with Crippen molar-refractivity contribution in [3.05, 3.63) is 22.3 Å². The molecule has 0 aliphatic heterocycles. The second kappa shape index (κ2) is 13.8. The Morgan fingerprint density at radius 2 is 0.633 bits per heavy atom. The summed E-state index contributed by atoms with van der Waals surface area (Å²) in [6.07, 6.45) is 31.9. The van der Waals surface area contributed by atoms with Gasteiger partial charge in [-0.25, -0.2) is 0 Å². The molecule has 0 N–H and O–H groups in total. The predicted molar refractivity (Wildman–Crippen MR) is 134 cm³/mol. The summed E-state index contributed by atoms with van der Waals surface area (Å²) in [4.78, 5) is 0. The highest BCUT2D eigenvalue weighted by Crippen LogP contribution is 2.41. The Kier molecular flexibility index (Phi) is 11.1. The van der Waals surface area contributed by atoms with Crippen LogP contribution in [0, 0.1) is 11.8 Å². The Hall–Kier alpha value is -0.520. The fourth-order valence-corrected chi connectivity index (χ4v) is 6.42. The summed E-state index contributed by atoms with van der Waals surface area (Å²) in [6.45, 7) is 5.12. The predicted octanol–water partition coefficient (Wildman–Crippen LogP) is 10.5. The molecule has 3 aliphatic rings. The third kappa shape index (κ3) is 7.87. The first-order chi connectivity index (χ1) is 14.8. The third-order valence-electron chi connectivity index (χ3n) is 8.64. The van der Waals surface area contributed by atoms with Gasteiger partial charge in [-0.3, -0.25) is 0 Å². The average molecular weight is 413 g/mol. The van der Waals surface area contributed by atoms with E-state index in [9.17, 15) is 0 Å². The van der Waals surface area contributed by atoms with Crippen molar-refractivity contribution in [2.45, 2.75) is 155 Å². The van der Waals surface area contributed by atoms with Gasteiger partial charge in [-0.05, 0) is 87.2 Å². The Bertz CT molecular complexity index is 498. The monoisotopic (exact) mass is 412 g/mol. The molecule has 0 nitrogen and oxygen atoms in total.